The van der Waals surface area contributed by atoms with Gasteiger partial charge in [-0.25, -0.2) is 0 Å². The van der Waals surface area contributed by atoms with E-state index in [2.05, 4.69) is 5.32 Å². The third-order valence-corrected chi connectivity index (χ3v) is 3.98. The molecule has 1 amide bonds. The lowest BCUT2D eigenvalue weighted by atomic mass is 9.95. The van der Waals surface area contributed by atoms with Gasteiger partial charge in [0.05, 0.1) is 5.60 Å². The van der Waals surface area contributed by atoms with E-state index in [1.807, 2.05) is 32.5 Å². The Morgan fingerprint density at radius 2 is 2.20 bits per heavy atom. The predicted octanol–water partition coefficient (Wildman–Crippen LogP) is 1.67. The van der Waals surface area contributed by atoms with Crippen LogP contribution in [0.5, 0.6) is 0 Å². The summed E-state index contributed by atoms with van der Waals surface area (Å²) in [6.07, 6.45) is 1.03. The molecule has 0 radical (unpaired) electrons. The van der Waals surface area contributed by atoms with Crippen molar-refractivity contribution in [3.05, 3.63) is 0 Å². The van der Waals surface area contributed by atoms with Gasteiger partial charge in [-0.1, -0.05) is 20.8 Å². The van der Waals surface area contributed by atoms with E-state index < -0.39 is 0 Å². The first kappa shape index (κ1) is 12.8. The molecule has 1 fully saturated rings. The molecule has 1 aliphatic rings. The molecule has 1 heterocycles. The van der Waals surface area contributed by atoms with Crippen LogP contribution in [-0.4, -0.2) is 36.7 Å². The molecule has 15 heavy (non-hydrogen) atoms. The number of carbonyl (C=O) groups excluding carboxylic acids is 1. The summed E-state index contributed by atoms with van der Waals surface area (Å²) >= 11 is 1.89. The number of thioether (sulfide) groups is 1. The van der Waals surface area contributed by atoms with E-state index in [4.69, 9.17) is 4.74 Å². The number of nitrogens with one attached hydrogen (secondary N) is 1. The molecule has 0 aromatic heterocycles. The minimum Gasteiger partial charge on any atom is -0.376 e. The summed E-state index contributed by atoms with van der Waals surface area (Å²) in [6.45, 7) is 6.40. The summed E-state index contributed by atoms with van der Waals surface area (Å²) in [5.41, 5.74) is -0.452. The van der Waals surface area contributed by atoms with Crippen LogP contribution in [0.4, 0.5) is 0 Å². The highest BCUT2D eigenvalue weighted by atomic mass is 32.2. The molecular formula is C11H21NO2S. The van der Waals surface area contributed by atoms with Crippen molar-refractivity contribution >= 4 is 17.7 Å². The number of amides is 1. The van der Waals surface area contributed by atoms with Crippen molar-refractivity contribution in [3.8, 4) is 0 Å². The van der Waals surface area contributed by atoms with Crippen LogP contribution in [0, 0.1) is 5.41 Å². The van der Waals surface area contributed by atoms with E-state index in [1.54, 1.807) is 7.11 Å². The second-order valence-corrected chi connectivity index (χ2v) is 6.23. The minimum absolute atomic E-state index is 0.0934. The van der Waals surface area contributed by atoms with Gasteiger partial charge >= 0.3 is 0 Å². The topological polar surface area (TPSA) is 38.3 Å². The summed E-state index contributed by atoms with van der Waals surface area (Å²) < 4.78 is 5.53. The molecule has 3 nitrogen and oxygen atoms in total. The standard InChI is InChI=1S/C11H21NO2S/c1-10(2,3)9(13)12-7-11(14-4)5-6-15-8-11/h5-8H2,1-4H3,(H,12,13)/t11-/m0/s1. The SMILES string of the molecule is CO[C@]1(CNC(=O)C(C)(C)C)CCSC1. The highest BCUT2D eigenvalue weighted by Gasteiger charge is 2.35. The number of rotatable bonds is 3. The van der Waals surface area contributed by atoms with Crippen molar-refractivity contribution in [3.63, 3.8) is 0 Å². The largest absolute Gasteiger partial charge is 0.376 e. The van der Waals surface area contributed by atoms with Gasteiger partial charge in [0.2, 0.25) is 5.91 Å². The van der Waals surface area contributed by atoms with Crippen molar-refractivity contribution in [1.82, 2.24) is 5.32 Å². The Kier molecular flexibility index (Phi) is 4.06. The summed E-state index contributed by atoms with van der Waals surface area (Å²) in [6, 6.07) is 0. The highest BCUT2D eigenvalue weighted by molar-refractivity contribution is 7.99. The van der Waals surface area contributed by atoms with Crippen molar-refractivity contribution in [2.24, 2.45) is 5.41 Å². The van der Waals surface area contributed by atoms with Crippen molar-refractivity contribution in [1.29, 1.82) is 0 Å². The number of carbonyl (C=O) groups is 1. The Morgan fingerprint density at radius 1 is 1.53 bits per heavy atom. The number of hydrogen-bond acceptors (Lipinski definition) is 3. The van der Waals surface area contributed by atoms with Gasteiger partial charge in [-0.15, -0.1) is 0 Å². The summed E-state index contributed by atoms with van der Waals surface area (Å²) in [5, 5.41) is 2.98. The molecule has 0 aromatic rings. The van der Waals surface area contributed by atoms with Crippen LogP contribution < -0.4 is 5.32 Å². The van der Waals surface area contributed by atoms with Gasteiger partial charge in [0, 0.05) is 24.8 Å². The van der Waals surface area contributed by atoms with E-state index in [0.29, 0.717) is 6.54 Å². The molecule has 0 aromatic carbocycles. The Balaban J connectivity index is 2.45. The summed E-state index contributed by atoms with van der Waals surface area (Å²) in [5.74, 6) is 2.20. The van der Waals surface area contributed by atoms with E-state index in [9.17, 15) is 4.79 Å². The molecule has 1 rings (SSSR count). The van der Waals surface area contributed by atoms with E-state index in [0.717, 1.165) is 17.9 Å². The second-order valence-electron chi connectivity index (χ2n) is 5.12. The maximum atomic E-state index is 11.7. The quantitative estimate of drug-likeness (QED) is 0.803. The summed E-state index contributed by atoms with van der Waals surface area (Å²) in [7, 11) is 1.73. The van der Waals surface area contributed by atoms with Gasteiger partial charge < -0.3 is 10.1 Å². The highest BCUT2D eigenvalue weighted by Crippen LogP contribution is 2.30. The Morgan fingerprint density at radius 3 is 2.60 bits per heavy atom. The fraction of sp³-hybridized carbons (Fsp3) is 0.909. The molecular weight excluding hydrogens is 210 g/mol. The third-order valence-electron chi connectivity index (χ3n) is 2.75. The Bertz CT molecular complexity index is 229. The van der Waals surface area contributed by atoms with E-state index >= 15 is 0 Å². The van der Waals surface area contributed by atoms with Gasteiger partial charge in [-0.3, -0.25) is 4.79 Å². The molecule has 1 atom stereocenters. The van der Waals surface area contributed by atoms with Crippen LogP contribution in [0.1, 0.15) is 27.2 Å². The molecule has 0 aliphatic carbocycles. The van der Waals surface area contributed by atoms with Gasteiger partial charge in [-0.05, 0) is 12.2 Å². The third kappa shape index (κ3) is 3.38. The zero-order valence-corrected chi connectivity index (χ0v) is 10.9. The molecule has 0 saturated carbocycles. The zero-order valence-electron chi connectivity index (χ0n) is 10.1. The Labute approximate surface area is 96.3 Å². The fourth-order valence-corrected chi connectivity index (χ4v) is 2.86. The molecule has 4 heteroatoms. The van der Waals surface area contributed by atoms with Crippen LogP contribution in [-0.2, 0) is 9.53 Å². The fourth-order valence-electron chi connectivity index (χ4n) is 1.47. The number of methoxy groups -OCH3 is 1. The predicted molar refractivity (Wildman–Crippen MR) is 64.1 cm³/mol. The first-order valence-electron chi connectivity index (χ1n) is 5.31. The molecule has 1 saturated heterocycles. The number of hydrogen-bond donors (Lipinski definition) is 1. The number of ether oxygens (including phenoxy) is 1. The van der Waals surface area contributed by atoms with Gasteiger partial charge in [0.1, 0.15) is 0 Å². The monoisotopic (exact) mass is 231 g/mol. The van der Waals surface area contributed by atoms with Crippen LogP contribution in [0.25, 0.3) is 0 Å². The molecule has 0 unspecified atom stereocenters. The van der Waals surface area contributed by atoms with Gasteiger partial charge in [0.25, 0.3) is 0 Å². The molecule has 1 N–H and O–H groups in total. The van der Waals surface area contributed by atoms with Crippen molar-refractivity contribution in [2.45, 2.75) is 32.8 Å². The van der Waals surface area contributed by atoms with Crippen molar-refractivity contribution < 1.29 is 9.53 Å². The lowest BCUT2D eigenvalue weighted by molar-refractivity contribution is -0.129. The first-order valence-corrected chi connectivity index (χ1v) is 6.46. The normalized spacial score (nSPS) is 26.7. The van der Waals surface area contributed by atoms with Crippen LogP contribution >= 0.6 is 11.8 Å². The molecule has 0 spiro atoms. The smallest absolute Gasteiger partial charge is 0.225 e. The Hall–Kier alpha value is -0.220. The lowest BCUT2D eigenvalue weighted by Gasteiger charge is -2.28. The lowest BCUT2D eigenvalue weighted by Crippen LogP contribution is -2.47. The van der Waals surface area contributed by atoms with Crippen LogP contribution in [0.15, 0.2) is 0 Å². The molecule has 88 valence electrons. The first-order chi connectivity index (χ1) is 6.90. The van der Waals surface area contributed by atoms with Gasteiger partial charge in [0.15, 0.2) is 0 Å². The van der Waals surface area contributed by atoms with E-state index in [1.165, 1.54) is 0 Å². The summed E-state index contributed by atoms with van der Waals surface area (Å²) in [4.78, 5) is 11.7. The van der Waals surface area contributed by atoms with Crippen molar-refractivity contribution in [2.75, 3.05) is 25.2 Å². The maximum absolute atomic E-state index is 11.7. The van der Waals surface area contributed by atoms with Crippen LogP contribution in [0.2, 0.25) is 0 Å². The average molecular weight is 231 g/mol. The van der Waals surface area contributed by atoms with Crippen LogP contribution in [0.3, 0.4) is 0 Å². The minimum atomic E-state index is -0.319. The average Bonchev–Trinajstić information content (AvgIpc) is 2.62. The zero-order chi connectivity index (χ0) is 11.5. The molecule has 0 bridgehead atoms. The second kappa shape index (κ2) is 4.74. The van der Waals surface area contributed by atoms with Gasteiger partial charge in [-0.2, -0.15) is 11.8 Å². The maximum Gasteiger partial charge on any atom is 0.225 e. The van der Waals surface area contributed by atoms with E-state index in [-0.39, 0.29) is 16.9 Å². The molecule has 1 aliphatic heterocycles.